The molecule has 2 atom stereocenters. The Morgan fingerprint density at radius 1 is 1.03 bits per heavy atom. The van der Waals surface area contributed by atoms with Crippen LogP contribution in [0, 0.1) is 11.8 Å². The van der Waals surface area contributed by atoms with Gasteiger partial charge in [-0.1, -0.05) is 40.5 Å². The first kappa shape index (κ1) is 34.5. The van der Waals surface area contributed by atoms with Crippen molar-refractivity contribution in [3.63, 3.8) is 0 Å². The highest BCUT2D eigenvalue weighted by Crippen LogP contribution is 2.37. The summed E-state index contributed by atoms with van der Waals surface area (Å²) in [5.41, 5.74) is 4.42. The predicted octanol–water partition coefficient (Wildman–Crippen LogP) is 5.36. The largest absolute Gasteiger partial charge is 0.457 e. The zero-order chi connectivity index (χ0) is 26.5. The van der Waals surface area contributed by atoms with E-state index in [4.69, 9.17) is 15.0 Å². The van der Waals surface area contributed by atoms with E-state index in [0.29, 0.717) is 5.92 Å². The predicted molar refractivity (Wildman–Crippen MR) is 145 cm³/mol. The van der Waals surface area contributed by atoms with E-state index in [-0.39, 0.29) is 35.7 Å². The first-order valence-electron chi connectivity index (χ1n) is 13.1. The van der Waals surface area contributed by atoms with Crippen molar-refractivity contribution in [3.8, 4) is 0 Å². The van der Waals surface area contributed by atoms with Crippen LogP contribution in [0.25, 0.3) is 0 Å². The number of carbonyl (C=O) groups is 1. The van der Waals surface area contributed by atoms with Crippen molar-refractivity contribution in [2.45, 2.75) is 125 Å². The Labute approximate surface area is 207 Å². The average molecular weight is 472 g/mol. The van der Waals surface area contributed by atoms with Crippen molar-refractivity contribution in [2.24, 2.45) is 17.6 Å². The molecule has 2 fully saturated rings. The number of carbonyl (C=O) groups excluding carboxylic acids is 1. The zero-order valence-electron chi connectivity index (χ0n) is 24.4. The molecule has 2 rings (SSSR count). The van der Waals surface area contributed by atoms with Crippen LogP contribution in [0.2, 0.25) is 6.32 Å². The molecule has 0 aromatic rings. The van der Waals surface area contributed by atoms with Crippen molar-refractivity contribution >= 4 is 13.0 Å². The third kappa shape index (κ3) is 13.7. The van der Waals surface area contributed by atoms with Crippen LogP contribution in [-0.2, 0) is 14.1 Å². The van der Waals surface area contributed by atoms with Gasteiger partial charge in [0, 0.05) is 18.0 Å². The second kappa shape index (κ2) is 16.1. The van der Waals surface area contributed by atoms with Crippen LogP contribution in [0.4, 0.5) is 0 Å². The lowest BCUT2D eigenvalue weighted by molar-refractivity contribution is -0.129. The van der Waals surface area contributed by atoms with Crippen molar-refractivity contribution in [3.05, 3.63) is 0 Å². The Balaban J connectivity index is 0. The molecule has 6 nitrogen and oxygen atoms in total. The Hall–Kier alpha value is -0.625. The molecule has 33 heavy (non-hydrogen) atoms. The lowest BCUT2D eigenvalue weighted by Crippen LogP contribution is -2.47. The fraction of sp³-hybridized carbons (Fsp3) is 0.962. The van der Waals surface area contributed by atoms with Gasteiger partial charge in [-0.2, -0.15) is 0 Å². The van der Waals surface area contributed by atoms with Gasteiger partial charge in [0.05, 0.1) is 11.2 Å². The molecule has 1 saturated carbocycles. The monoisotopic (exact) mass is 471 g/mol. The van der Waals surface area contributed by atoms with Crippen LogP contribution in [0.1, 0.15) is 102 Å². The number of hydrogen-bond donors (Lipinski definition) is 2. The van der Waals surface area contributed by atoms with Gasteiger partial charge in [-0.15, -0.1) is 0 Å². The van der Waals surface area contributed by atoms with Gasteiger partial charge in [-0.25, -0.2) is 0 Å². The Morgan fingerprint density at radius 2 is 1.45 bits per heavy atom. The van der Waals surface area contributed by atoms with Crippen LogP contribution in [0.5, 0.6) is 0 Å². The lowest BCUT2D eigenvalue weighted by Gasteiger charge is -2.34. The molecule has 1 aliphatic carbocycles. The molecule has 1 aliphatic heterocycles. The summed E-state index contributed by atoms with van der Waals surface area (Å²) in [5.74, 6) is 0.996. The third-order valence-electron chi connectivity index (χ3n) is 5.98. The molecule has 1 amide bonds. The highest BCUT2D eigenvalue weighted by Gasteiger charge is 2.50. The Morgan fingerprint density at radius 3 is 1.79 bits per heavy atom. The van der Waals surface area contributed by atoms with Gasteiger partial charge in [0.15, 0.2) is 0 Å². The SMILES string of the molecule is CC.CCB1OC(C)(C)C(C)(C)O1.CCN.CN(C)CC1CCCCC1C(=O)NC(C)(C)C. The van der Waals surface area contributed by atoms with Gasteiger partial charge in [0.25, 0.3) is 0 Å². The van der Waals surface area contributed by atoms with Crippen molar-refractivity contribution in [1.29, 1.82) is 0 Å². The lowest BCUT2D eigenvalue weighted by atomic mass is 9.78. The van der Waals surface area contributed by atoms with Gasteiger partial charge in [0.2, 0.25) is 5.91 Å². The van der Waals surface area contributed by atoms with Gasteiger partial charge in [-0.05, 0) is 94.2 Å². The second-order valence-electron chi connectivity index (χ2n) is 11.2. The first-order chi connectivity index (χ1) is 15.1. The number of nitrogens with one attached hydrogen (secondary N) is 1. The summed E-state index contributed by atoms with van der Waals surface area (Å²) in [5, 5.41) is 3.13. The molecular formula is C26H58BN3O3. The molecule has 0 aromatic heterocycles. The maximum Gasteiger partial charge on any atom is 0.457 e. The van der Waals surface area contributed by atoms with E-state index in [1.807, 2.05) is 20.8 Å². The molecule has 2 aliphatic rings. The summed E-state index contributed by atoms with van der Waals surface area (Å²) in [7, 11) is 4.17. The highest BCUT2D eigenvalue weighted by molar-refractivity contribution is 6.45. The Kier molecular flexibility index (Phi) is 16.9. The summed E-state index contributed by atoms with van der Waals surface area (Å²) in [6.45, 7) is 24.2. The molecule has 0 radical (unpaired) electrons. The van der Waals surface area contributed by atoms with Gasteiger partial charge in [-0.3, -0.25) is 4.79 Å². The molecule has 2 unspecified atom stereocenters. The molecule has 0 bridgehead atoms. The quantitative estimate of drug-likeness (QED) is 0.540. The molecule has 0 aromatic carbocycles. The van der Waals surface area contributed by atoms with Crippen LogP contribution in [0.15, 0.2) is 0 Å². The maximum absolute atomic E-state index is 12.3. The van der Waals surface area contributed by atoms with Crippen molar-refractivity contribution < 1.29 is 14.1 Å². The van der Waals surface area contributed by atoms with Gasteiger partial charge < -0.3 is 25.3 Å². The summed E-state index contributed by atoms with van der Waals surface area (Å²) >= 11 is 0. The first-order valence-corrected chi connectivity index (χ1v) is 13.1. The minimum absolute atomic E-state index is 0.0139. The fourth-order valence-electron chi connectivity index (χ4n) is 3.83. The topological polar surface area (TPSA) is 76.8 Å². The zero-order valence-corrected chi connectivity index (χ0v) is 24.4. The van der Waals surface area contributed by atoms with E-state index in [1.165, 1.54) is 19.3 Å². The summed E-state index contributed by atoms with van der Waals surface area (Å²) < 4.78 is 11.4. The third-order valence-corrected chi connectivity index (χ3v) is 5.98. The number of hydrogen-bond acceptors (Lipinski definition) is 5. The van der Waals surface area contributed by atoms with E-state index in [2.05, 4.69) is 79.7 Å². The van der Waals surface area contributed by atoms with E-state index >= 15 is 0 Å². The summed E-state index contributed by atoms with van der Waals surface area (Å²) in [4.78, 5) is 14.5. The van der Waals surface area contributed by atoms with Gasteiger partial charge >= 0.3 is 7.12 Å². The highest BCUT2D eigenvalue weighted by atomic mass is 16.7. The fourth-order valence-corrected chi connectivity index (χ4v) is 3.83. The average Bonchev–Trinajstić information content (AvgIpc) is 2.90. The van der Waals surface area contributed by atoms with E-state index < -0.39 is 0 Å². The molecule has 1 saturated heterocycles. The number of rotatable bonds is 4. The number of nitrogens with zero attached hydrogens (tertiary/aromatic N) is 1. The minimum atomic E-state index is -0.159. The second-order valence-corrected chi connectivity index (χ2v) is 11.2. The molecule has 3 N–H and O–H groups in total. The molecule has 7 heteroatoms. The number of nitrogens with two attached hydrogens (primary N) is 1. The molecule has 1 heterocycles. The van der Waals surface area contributed by atoms with Crippen LogP contribution >= 0.6 is 0 Å². The Bertz CT molecular complexity index is 503. The van der Waals surface area contributed by atoms with Gasteiger partial charge in [0.1, 0.15) is 0 Å². The smallest absolute Gasteiger partial charge is 0.403 e. The van der Waals surface area contributed by atoms with E-state index in [9.17, 15) is 4.79 Å². The van der Waals surface area contributed by atoms with Crippen molar-refractivity contribution in [1.82, 2.24) is 10.2 Å². The molecular weight excluding hydrogens is 413 g/mol. The number of amides is 1. The molecule has 198 valence electrons. The van der Waals surface area contributed by atoms with Crippen molar-refractivity contribution in [2.75, 3.05) is 27.2 Å². The van der Waals surface area contributed by atoms with Crippen LogP contribution in [0.3, 0.4) is 0 Å². The standard InChI is InChI=1S/C14H28N2O.C8H17BO2.C2H7N.C2H6/c1-14(2,3)15-13(17)12-9-7-6-8-11(12)10-16(4)5;1-6-9-10-7(2,3)8(4,5)11-9;1-2-3;1-2/h11-12H,6-10H2,1-5H3,(H,15,17);6H2,1-5H3;2-3H2,1H3;1-2H3. The summed E-state index contributed by atoms with van der Waals surface area (Å²) in [6, 6.07) is 0. The minimum Gasteiger partial charge on any atom is -0.403 e. The van der Waals surface area contributed by atoms with Crippen LogP contribution < -0.4 is 11.1 Å². The molecule has 0 spiro atoms. The maximum atomic E-state index is 12.3. The summed E-state index contributed by atoms with van der Waals surface area (Å²) in [6.07, 6.45) is 5.65. The van der Waals surface area contributed by atoms with E-state index in [1.54, 1.807) is 0 Å². The van der Waals surface area contributed by atoms with E-state index in [0.717, 1.165) is 25.8 Å². The van der Waals surface area contributed by atoms with Crippen LogP contribution in [-0.4, -0.2) is 61.9 Å². The normalized spacial score (nSPS) is 23.3.